The molecule has 2 aromatic heterocycles. The van der Waals surface area contributed by atoms with Gasteiger partial charge >= 0.3 is 0 Å². The minimum absolute atomic E-state index is 0.177. The molecule has 6 nitrogen and oxygen atoms in total. The summed E-state index contributed by atoms with van der Waals surface area (Å²) >= 11 is 0. The second-order valence-corrected chi connectivity index (χ2v) is 6.29. The number of amides is 1. The highest BCUT2D eigenvalue weighted by molar-refractivity contribution is 6.08. The quantitative estimate of drug-likeness (QED) is 0.720. The Hall–Kier alpha value is -3.02. The van der Waals surface area contributed by atoms with Crippen LogP contribution in [0, 0.1) is 6.92 Å². The lowest BCUT2D eigenvalue weighted by Gasteiger charge is -2.20. The zero-order chi connectivity index (χ0) is 17.2. The molecule has 25 heavy (non-hydrogen) atoms. The van der Waals surface area contributed by atoms with E-state index >= 15 is 0 Å². The molecule has 2 heterocycles. The highest BCUT2D eigenvalue weighted by Gasteiger charge is 2.22. The number of nitrogens with zero attached hydrogens (tertiary/aromatic N) is 3. The number of hydrogen-bond donors (Lipinski definition) is 2. The van der Waals surface area contributed by atoms with Gasteiger partial charge in [-0.05, 0) is 56.4 Å². The van der Waals surface area contributed by atoms with Crippen molar-refractivity contribution >= 4 is 22.8 Å². The van der Waals surface area contributed by atoms with E-state index in [-0.39, 0.29) is 5.91 Å². The van der Waals surface area contributed by atoms with Crippen LogP contribution in [0.2, 0.25) is 0 Å². The number of aromatic nitrogens is 3. The Morgan fingerprint density at radius 2 is 1.92 bits per heavy atom. The number of pyridine rings is 1. The van der Waals surface area contributed by atoms with Gasteiger partial charge in [0.1, 0.15) is 0 Å². The molecule has 1 aromatic carbocycles. The molecule has 2 N–H and O–H groups in total. The smallest absolute Gasteiger partial charge is 0.267 e. The zero-order valence-electron chi connectivity index (χ0n) is 14.0. The first-order chi connectivity index (χ1) is 12.2. The normalized spacial score (nSPS) is 13.3. The van der Waals surface area contributed by atoms with Crippen LogP contribution in [-0.2, 0) is 12.8 Å². The van der Waals surface area contributed by atoms with Crippen molar-refractivity contribution in [2.24, 2.45) is 0 Å². The lowest BCUT2D eigenvalue weighted by Crippen LogP contribution is -2.32. The Morgan fingerprint density at radius 1 is 1.12 bits per heavy atom. The van der Waals surface area contributed by atoms with Crippen LogP contribution in [0.3, 0.4) is 0 Å². The number of rotatable bonds is 3. The summed E-state index contributed by atoms with van der Waals surface area (Å²) in [6, 6.07) is 7.78. The molecule has 0 saturated carbocycles. The van der Waals surface area contributed by atoms with Crippen LogP contribution < -0.4 is 10.9 Å². The molecule has 126 valence electrons. The average molecular weight is 333 g/mol. The van der Waals surface area contributed by atoms with Crippen LogP contribution in [0.15, 0.2) is 36.7 Å². The van der Waals surface area contributed by atoms with Crippen LogP contribution in [0.25, 0.3) is 10.9 Å². The van der Waals surface area contributed by atoms with Crippen molar-refractivity contribution in [2.45, 2.75) is 32.6 Å². The molecule has 0 fully saturated rings. The van der Waals surface area contributed by atoms with Crippen molar-refractivity contribution in [3.63, 3.8) is 0 Å². The van der Waals surface area contributed by atoms with E-state index in [1.165, 1.54) is 0 Å². The van der Waals surface area contributed by atoms with Crippen LogP contribution in [0.4, 0.5) is 5.95 Å². The maximum atomic E-state index is 13.0. The number of hydrogen-bond acceptors (Lipinski definition) is 5. The van der Waals surface area contributed by atoms with Crippen LogP contribution in [0.5, 0.6) is 0 Å². The number of anilines is 1. The Labute approximate surface area is 145 Å². The molecule has 6 heteroatoms. The Bertz CT molecular complexity index is 939. The van der Waals surface area contributed by atoms with Gasteiger partial charge in [-0.1, -0.05) is 11.6 Å². The standard InChI is InChI=1S/C19H19N5O/c1-12-7-8-16-14(11-12)17(13-5-2-3-6-15(13)22-16)18(25)23-24-19-20-9-4-10-21-19/h4,7-11H,2-3,5-6H2,1H3,(H,23,25)(H,20,21,24). The molecular formula is C19H19N5O. The van der Waals surface area contributed by atoms with Gasteiger partial charge in [0.25, 0.3) is 5.91 Å². The number of carbonyl (C=O) groups excluding carboxylic acids is 1. The minimum Gasteiger partial charge on any atom is -0.267 e. The number of nitrogens with one attached hydrogen (secondary N) is 2. The first kappa shape index (κ1) is 15.5. The number of benzene rings is 1. The SMILES string of the molecule is Cc1ccc2nc3c(c(C(=O)NNc4ncccn4)c2c1)CCCC3. The summed E-state index contributed by atoms with van der Waals surface area (Å²) in [5.41, 5.74) is 10.3. The summed E-state index contributed by atoms with van der Waals surface area (Å²) in [4.78, 5) is 25.9. The van der Waals surface area contributed by atoms with E-state index in [1.54, 1.807) is 18.5 Å². The molecular weight excluding hydrogens is 314 g/mol. The van der Waals surface area contributed by atoms with E-state index in [2.05, 4.69) is 20.8 Å². The van der Waals surface area contributed by atoms with Gasteiger partial charge in [0.05, 0.1) is 11.1 Å². The van der Waals surface area contributed by atoms with E-state index < -0.39 is 0 Å². The van der Waals surface area contributed by atoms with E-state index in [9.17, 15) is 4.79 Å². The third-order valence-electron chi connectivity index (χ3n) is 4.50. The topological polar surface area (TPSA) is 79.8 Å². The summed E-state index contributed by atoms with van der Waals surface area (Å²) < 4.78 is 0. The van der Waals surface area contributed by atoms with Crippen LogP contribution >= 0.6 is 0 Å². The summed E-state index contributed by atoms with van der Waals surface area (Å²) in [5.74, 6) is 0.183. The molecule has 0 aliphatic heterocycles. The molecule has 1 aliphatic rings. The van der Waals surface area contributed by atoms with Gasteiger partial charge in [-0.25, -0.2) is 9.97 Å². The summed E-state index contributed by atoms with van der Waals surface area (Å²) in [6.45, 7) is 2.02. The molecule has 1 amide bonds. The highest BCUT2D eigenvalue weighted by atomic mass is 16.2. The van der Waals surface area contributed by atoms with Crippen molar-refractivity contribution in [3.05, 3.63) is 59.0 Å². The van der Waals surface area contributed by atoms with Gasteiger partial charge < -0.3 is 0 Å². The first-order valence-corrected chi connectivity index (χ1v) is 8.48. The summed E-state index contributed by atoms with van der Waals surface area (Å²) in [6.07, 6.45) is 7.25. The van der Waals surface area contributed by atoms with E-state index in [1.807, 2.05) is 25.1 Å². The van der Waals surface area contributed by atoms with Crippen molar-refractivity contribution in [3.8, 4) is 0 Å². The lowest BCUT2D eigenvalue weighted by atomic mass is 9.89. The van der Waals surface area contributed by atoms with Crippen LogP contribution in [0.1, 0.15) is 40.0 Å². The Kier molecular flexibility index (Phi) is 4.01. The molecule has 0 unspecified atom stereocenters. The lowest BCUT2D eigenvalue weighted by molar-refractivity contribution is 0.0962. The van der Waals surface area contributed by atoms with Crippen molar-refractivity contribution in [1.29, 1.82) is 0 Å². The summed E-state index contributed by atoms with van der Waals surface area (Å²) in [5, 5.41) is 0.897. The van der Waals surface area contributed by atoms with Crippen molar-refractivity contribution < 1.29 is 4.79 Å². The molecule has 0 atom stereocenters. The van der Waals surface area contributed by atoms with Gasteiger partial charge in [0.2, 0.25) is 5.95 Å². The Balaban J connectivity index is 1.76. The maximum Gasteiger partial charge on any atom is 0.270 e. The fraction of sp³-hybridized carbons (Fsp3) is 0.263. The molecule has 1 aliphatic carbocycles. The number of aryl methyl sites for hydroxylation is 2. The molecule has 0 saturated heterocycles. The van der Waals surface area contributed by atoms with E-state index in [0.717, 1.165) is 53.4 Å². The monoisotopic (exact) mass is 333 g/mol. The van der Waals surface area contributed by atoms with Gasteiger partial charge in [-0.3, -0.25) is 20.6 Å². The first-order valence-electron chi connectivity index (χ1n) is 8.48. The number of hydrazine groups is 1. The molecule has 0 radical (unpaired) electrons. The van der Waals surface area contributed by atoms with E-state index in [0.29, 0.717) is 11.5 Å². The Morgan fingerprint density at radius 3 is 2.76 bits per heavy atom. The molecule has 4 rings (SSSR count). The van der Waals surface area contributed by atoms with Gasteiger partial charge in [-0.15, -0.1) is 0 Å². The number of carbonyl (C=O) groups is 1. The van der Waals surface area contributed by atoms with Crippen molar-refractivity contribution in [1.82, 2.24) is 20.4 Å². The van der Waals surface area contributed by atoms with E-state index in [4.69, 9.17) is 4.98 Å². The fourth-order valence-electron chi connectivity index (χ4n) is 3.34. The number of fused-ring (bicyclic) bond motifs is 2. The van der Waals surface area contributed by atoms with Crippen molar-refractivity contribution in [2.75, 3.05) is 5.43 Å². The fourth-order valence-corrected chi connectivity index (χ4v) is 3.34. The predicted octanol–water partition coefficient (Wildman–Crippen LogP) is 2.97. The van der Waals surface area contributed by atoms with Gasteiger partial charge in [-0.2, -0.15) is 0 Å². The largest absolute Gasteiger partial charge is 0.270 e. The summed E-state index contributed by atoms with van der Waals surface area (Å²) in [7, 11) is 0. The van der Waals surface area contributed by atoms with Gasteiger partial charge in [0.15, 0.2) is 0 Å². The highest BCUT2D eigenvalue weighted by Crippen LogP contribution is 2.29. The molecule has 0 spiro atoms. The second kappa shape index (κ2) is 6.47. The molecule has 0 bridgehead atoms. The third-order valence-corrected chi connectivity index (χ3v) is 4.50. The third kappa shape index (κ3) is 3.03. The van der Waals surface area contributed by atoms with Crippen LogP contribution in [-0.4, -0.2) is 20.9 Å². The zero-order valence-corrected chi connectivity index (χ0v) is 14.0. The maximum absolute atomic E-state index is 13.0. The minimum atomic E-state index is -0.177. The molecule has 3 aromatic rings. The predicted molar refractivity (Wildman–Crippen MR) is 96.2 cm³/mol. The average Bonchev–Trinajstić information content (AvgIpc) is 2.65. The second-order valence-electron chi connectivity index (χ2n) is 6.29. The van der Waals surface area contributed by atoms with Gasteiger partial charge in [0, 0.05) is 23.5 Å².